The Hall–Kier alpha value is -3.03. The standard InChI is InChI=1S/C29H32N4O2S/c1-2-36(34,35)26-13-9-21(10-14-26)28-27-18-24(19-30-29(27)32-31-28)23-6-5-20-7-11-25(12-8-22(20)17-23)33-15-3-4-16-33/h5-6,9-10,13-14,17-19,25H,2-4,7-8,11-12,15-16H2,1H3,(H,30,31,32)/t25-/m0/s1. The number of likely N-dealkylation sites (tertiary alicyclic amines) is 1. The fourth-order valence-electron chi connectivity index (χ4n) is 5.81. The minimum atomic E-state index is -3.23. The summed E-state index contributed by atoms with van der Waals surface area (Å²) in [6, 6.07) is 16.7. The molecule has 1 aliphatic carbocycles. The van der Waals surface area contributed by atoms with Crippen LogP contribution in [0, 0.1) is 0 Å². The Bertz CT molecular complexity index is 1500. The van der Waals surface area contributed by atoms with E-state index in [2.05, 4.69) is 44.3 Å². The Morgan fingerprint density at radius 2 is 1.64 bits per heavy atom. The van der Waals surface area contributed by atoms with Gasteiger partial charge in [0.25, 0.3) is 0 Å². The van der Waals surface area contributed by atoms with Gasteiger partial charge in [-0.3, -0.25) is 5.10 Å². The molecule has 6 rings (SSSR count). The number of aromatic amines is 1. The van der Waals surface area contributed by atoms with E-state index in [0.717, 1.165) is 40.7 Å². The van der Waals surface area contributed by atoms with Crippen molar-refractivity contribution < 1.29 is 8.42 Å². The molecule has 4 aromatic rings. The molecule has 0 spiro atoms. The topological polar surface area (TPSA) is 79.0 Å². The van der Waals surface area contributed by atoms with Crippen molar-refractivity contribution in [1.29, 1.82) is 0 Å². The van der Waals surface area contributed by atoms with Crippen LogP contribution in [0.3, 0.4) is 0 Å². The predicted molar refractivity (Wildman–Crippen MR) is 144 cm³/mol. The second-order valence-corrected chi connectivity index (χ2v) is 12.4. The van der Waals surface area contributed by atoms with Gasteiger partial charge < -0.3 is 4.90 Å². The van der Waals surface area contributed by atoms with Crippen LogP contribution in [0.25, 0.3) is 33.4 Å². The van der Waals surface area contributed by atoms with E-state index in [1.54, 1.807) is 19.1 Å². The van der Waals surface area contributed by atoms with Crippen LogP contribution >= 0.6 is 0 Å². The second kappa shape index (κ2) is 9.45. The molecule has 0 bridgehead atoms. The molecule has 0 saturated carbocycles. The Morgan fingerprint density at radius 3 is 2.39 bits per heavy atom. The zero-order valence-electron chi connectivity index (χ0n) is 20.7. The largest absolute Gasteiger partial charge is 0.300 e. The lowest BCUT2D eigenvalue weighted by Gasteiger charge is -2.25. The summed E-state index contributed by atoms with van der Waals surface area (Å²) >= 11 is 0. The highest BCUT2D eigenvalue weighted by molar-refractivity contribution is 7.91. The van der Waals surface area contributed by atoms with Gasteiger partial charge in [-0.25, -0.2) is 13.4 Å². The van der Waals surface area contributed by atoms with Gasteiger partial charge in [0, 0.05) is 28.8 Å². The van der Waals surface area contributed by atoms with Gasteiger partial charge in [0.05, 0.1) is 10.6 Å². The molecule has 1 fully saturated rings. The fraction of sp³-hybridized carbons (Fsp3) is 0.379. The van der Waals surface area contributed by atoms with E-state index in [0.29, 0.717) is 10.9 Å². The molecular weight excluding hydrogens is 468 g/mol. The van der Waals surface area contributed by atoms with Gasteiger partial charge >= 0.3 is 0 Å². The van der Waals surface area contributed by atoms with E-state index in [9.17, 15) is 8.42 Å². The van der Waals surface area contributed by atoms with Crippen LogP contribution in [0.5, 0.6) is 0 Å². The lowest BCUT2D eigenvalue weighted by molar-refractivity contribution is 0.222. The van der Waals surface area contributed by atoms with Crippen LogP contribution in [0.2, 0.25) is 0 Å². The van der Waals surface area contributed by atoms with E-state index in [1.807, 2.05) is 18.3 Å². The minimum Gasteiger partial charge on any atom is -0.300 e. The molecule has 0 unspecified atom stereocenters. The van der Waals surface area contributed by atoms with Gasteiger partial charge in [-0.2, -0.15) is 5.10 Å². The molecule has 186 valence electrons. The molecule has 7 heteroatoms. The van der Waals surface area contributed by atoms with Gasteiger partial charge in [0.15, 0.2) is 15.5 Å². The van der Waals surface area contributed by atoms with Crippen molar-refractivity contribution in [2.24, 2.45) is 0 Å². The Labute approximate surface area is 212 Å². The monoisotopic (exact) mass is 500 g/mol. The van der Waals surface area contributed by atoms with E-state index >= 15 is 0 Å². The number of fused-ring (bicyclic) bond motifs is 2. The van der Waals surface area contributed by atoms with Gasteiger partial charge in [-0.15, -0.1) is 0 Å². The van der Waals surface area contributed by atoms with E-state index in [1.165, 1.54) is 55.5 Å². The summed E-state index contributed by atoms with van der Waals surface area (Å²) in [5.74, 6) is 0.0879. The molecule has 2 aliphatic rings. The minimum absolute atomic E-state index is 0.0879. The van der Waals surface area contributed by atoms with Crippen LogP contribution < -0.4 is 0 Å². The molecule has 2 aromatic carbocycles. The molecular formula is C29H32N4O2S. The highest BCUT2D eigenvalue weighted by Crippen LogP contribution is 2.33. The maximum Gasteiger partial charge on any atom is 0.178 e. The third kappa shape index (κ3) is 4.35. The lowest BCUT2D eigenvalue weighted by Crippen LogP contribution is -2.32. The van der Waals surface area contributed by atoms with Gasteiger partial charge in [0.1, 0.15) is 5.69 Å². The molecule has 3 heterocycles. The van der Waals surface area contributed by atoms with Gasteiger partial charge in [-0.1, -0.05) is 37.3 Å². The first-order chi connectivity index (χ1) is 17.5. The Balaban J connectivity index is 1.29. The number of hydrogen-bond acceptors (Lipinski definition) is 5. The SMILES string of the molecule is CCS(=O)(=O)c1ccc(-c2n[nH]c3ncc(-c4ccc5c(c4)CC[C@@H](N4CCCC4)CC5)cc23)cc1. The third-order valence-electron chi connectivity index (χ3n) is 7.97. The van der Waals surface area contributed by atoms with Crippen molar-refractivity contribution in [3.63, 3.8) is 0 Å². The molecule has 6 nitrogen and oxygen atoms in total. The molecule has 1 N–H and O–H groups in total. The smallest absolute Gasteiger partial charge is 0.178 e. The summed E-state index contributed by atoms with van der Waals surface area (Å²) in [5, 5.41) is 8.46. The number of aryl methyl sites for hydroxylation is 2. The first kappa shape index (κ1) is 23.4. The summed E-state index contributed by atoms with van der Waals surface area (Å²) in [5.41, 5.74) is 7.57. The summed E-state index contributed by atoms with van der Waals surface area (Å²) in [6.45, 7) is 4.19. The van der Waals surface area contributed by atoms with Crippen molar-refractivity contribution in [2.75, 3.05) is 18.8 Å². The van der Waals surface area contributed by atoms with Gasteiger partial charge in [-0.05, 0) is 86.5 Å². The van der Waals surface area contributed by atoms with Crippen LogP contribution in [0.15, 0.2) is 59.6 Å². The number of nitrogens with one attached hydrogen (secondary N) is 1. The number of H-pyrrole nitrogens is 1. The quantitative estimate of drug-likeness (QED) is 0.370. The van der Waals surface area contributed by atoms with Crippen molar-refractivity contribution >= 4 is 20.9 Å². The van der Waals surface area contributed by atoms with Crippen LogP contribution in [0.4, 0.5) is 0 Å². The Morgan fingerprint density at radius 1 is 0.917 bits per heavy atom. The third-order valence-corrected chi connectivity index (χ3v) is 9.72. The highest BCUT2D eigenvalue weighted by atomic mass is 32.2. The molecule has 2 aromatic heterocycles. The first-order valence-electron chi connectivity index (χ1n) is 13.1. The highest BCUT2D eigenvalue weighted by Gasteiger charge is 2.24. The molecule has 0 amide bonds. The number of hydrogen-bond donors (Lipinski definition) is 1. The molecule has 36 heavy (non-hydrogen) atoms. The van der Waals surface area contributed by atoms with Crippen LogP contribution in [-0.4, -0.2) is 53.4 Å². The van der Waals surface area contributed by atoms with Gasteiger partial charge in [0.2, 0.25) is 0 Å². The maximum atomic E-state index is 12.2. The Kier molecular flexibility index (Phi) is 6.13. The van der Waals surface area contributed by atoms with Crippen LogP contribution in [0.1, 0.15) is 43.7 Å². The van der Waals surface area contributed by atoms with Crippen molar-refractivity contribution in [3.8, 4) is 22.4 Å². The number of rotatable bonds is 5. The van der Waals surface area contributed by atoms with Crippen molar-refractivity contribution in [2.45, 2.75) is 56.4 Å². The number of nitrogens with zero attached hydrogens (tertiary/aromatic N) is 3. The summed E-state index contributed by atoms with van der Waals surface area (Å²) in [4.78, 5) is 7.69. The van der Waals surface area contributed by atoms with E-state index in [-0.39, 0.29) is 5.75 Å². The van der Waals surface area contributed by atoms with Crippen LogP contribution in [-0.2, 0) is 22.7 Å². The lowest BCUT2D eigenvalue weighted by atomic mass is 9.96. The zero-order valence-corrected chi connectivity index (χ0v) is 21.5. The summed E-state index contributed by atoms with van der Waals surface area (Å²) < 4.78 is 24.4. The average Bonchev–Trinajstić information content (AvgIpc) is 3.55. The number of sulfone groups is 1. The molecule has 1 atom stereocenters. The van der Waals surface area contributed by atoms with Crippen molar-refractivity contribution in [3.05, 3.63) is 65.9 Å². The number of aromatic nitrogens is 3. The van der Waals surface area contributed by atoms with Crippen molar-refractivity contribution in [1.82, 2.24) is 20.1 Å². The first-order valence-corrected chi connectivity index (χ1v) is 14.7. The number of pyridine rings is 1. The zero-order chi connectivity index (χ0) is 24.7. The summed E-state index contributed by atoms with van der Waals surface area (Å²) in [7, 11) is -3.23. The van der Waals surface area contributed by atoms with E-state index in [4.69, 9.17) is 0 Å². The number of benzene rings is 2. The molecule has 0 radical (unpaired) electrons. The fourth-order valence-corrected chi connectivity index (χ4v) is 6.69. The van der Waals surface area contributed by atoms with E-state index < -0.39 is 9.84 Å². The molecule has 1 saturated heterocycles. The second-order valence-electron chi connectivity index (χ2n) is 10.1. The normalized spacial score (nSPS) is 18.9. The molecule has 1 aliphatic heterocycles. The predicted octanol–water partition coefficient (Wildman–Crippen LogP) is 5.43. The maximum absolute atomic E-state index is 12.2. The average molecular weight is 501 g/mol. The summed E-state index contributed by atoms with van der Waals surface area (Å²) in [6.07, 6.45) is 9.39.